The minimum Gasteiger partial charge on any atom is -0.311 e. The van der Waals surface area contributed by atoms with Gasteiger partial charge in [0.1, 0.15) is 0 Å². The molecule has 2 heterocycles. The molecule has 0 aliphatic heterocycles. The van der Waals surface area contributed by atoms with Gasteiger partial charge in [0.05, 0.1) is 21.3 Å². The zero-order chi connectivity index (χ0) is 37.7. The molecule has 0 bridgehead atoms. The van der Waals surface area contributed by atoms with Crippen LogP contribution in [-0.4, -0.2) is 4.40 Å². The Hall–Kier alpha value is -7.20. The highest BCUT2D eigenvalue weighted by Crippen LogP contribution is 2.41. The molecule has 57 heavy (non-hydrogen) atoms. The van der Waals surface area contributed by atoms with Crippen LogP contribution in [0.2, 0.25) is 0 Å². The Morgan fingerprint density at radius 3 is 1.33 bits per heavy atom. The predicted octanol–water partition coefficient (Wildman–Crippen LogP) is 15.6. The highest BCUT2D eigenvalue weighted by Gasteiger charge is 2.17. The van der Waals surface area contributed by atoms with Crippen LogP contribution in [-0.2, 0) is 0 Å². The molecule has 0 unspecified atom stereocenters. The molecule has 0 radical (unpaired) electrons. The van der Waals surface area contributed by atoms with Gasteiger partial charge >= 0.3 is 0 Å². The van der Waals surface area contributed by atoms with Crippen LogP contribution in [0.25, 0.3) is 80.9 Å². The second-order valence-corrected chi connectivity index (χ2v) is 15.6. The number of hydrogen-bond acceptors (Lipinski definition) is 2. The number of para-hydroxylation sites is 2. The van der Waals surface area contributed by atoms with Gasteiger partial charge in [-0.2, -0.15) is 0 Å². The van der Waals surface area contributed by atoms with Crippen molar-refractivity contribution in [2.24, 2.45) is 0 Å². The van der Waals surface area contributed by atoms with E-state index in [1.165, 1.54) is 80.9 Å². The van der Waals surface area contributed by atoms with E-state index in [0.717, 1.165) is 17.1 Å². The Morgan fingerprint density at radius 2 is 0.737 bits per heavy atom. The van der Waals surface area contributed by atoms with Crippen molar-refractivity contribution in [2.45, 2.75) is 0 Å². The third kappa shape index (κ3) is 5.80. The largest absolute Gasteiger partial charge is 0.311 e. The normalized spacial score (nSPS) is 11.5. The van der Waals surface area contributed by atoms with Crippen molar-refractivity contribution in [3.05, 3.63) is 218 Å². The quantitative estimate of drug-likeness (QED) is 0.165. The monoisotopic (exact) mass is 744 g/mol. The van der Waals surface area contributed by atoms with E-state index in [-0.39, 0.29) is 0 Å². The second-order valence-electron chi connectivity index (χ2n) is 14.5. The second kappa shape index (κ2) is 13.8. The Balaban J connectivity index is 1.03. The Labute approximate surface area is 335 Å². The Morgan fingerprint density at radius 1 is 0.298 bits per heavy atom. The first-order valence-corrected chi connectivity index (χ1v) is 20.2. The van der Waals surface area contributed by atoms with Gasteiger partial charge in [0, 0.05) is 43.3 Å². The van der Waals surface area contributed by atoms with E-state index in [2.05, 4.69) is 228 Å². The van der Waals surface area contributed by atoms with Crippen LogP contribution in [0.5, 0.6) is 0 Å². The molecule has 0 saturated carbocycles. The molecule has 11 aromatic rings. The van der Waals surface area contributed by atoms with E-state index in [9.17, 15) is 0 Å². The molecule has 3 heteroatoms. The van der Waals surface area contributed by atoms with Gasteiger partial charge in [-0.15, -0.1) is 11.3 Å². The maximum atomic E-state index is 2.48. The van der Waals surface area contributed by atoms with Crippen molar-refractivity contribution < 1.29 is 0 Å². The van der Waals surface area contributed by atoms with Gasteiger partial charge in [0.15, 0.2) is 0 Å². The summed E-state index contributed by atoms with van der Waals surface area (Å²) in [5.74, 6) is 0. The first-order valence-electron chi connectivity index (χ1n) is 19.4. The molecule has 0 saturated heterocycles. The molecule has 2 nitrogen and oxygen atoms in total. The van der Waals surface area contributed by atoms with Crippen LogP contribution >= 0.6 is 11.3 Å². The maximum Gasteiger partial charge on any atom is 0.0634 e. The van der Waals surface area contributed by atoms with Crippen LogP contribution in [0.3, 0.4) is 0 Å². The highest BCUT2D eigenvalue weighted by molar-refractivity contribution is 7.24. The van der Waals surface area contributed by atoms with Crippen molar-refractivity contribution in [3.8, 4) is 33.4 Å². The summed E-state index contributed by atoms with van der Waals surface area (Å²) in [5.41, 5.74) is 14.2. The van der Waals surface area contributed by atoms with Crippen molar-refractivity contribution in [2.75, 3.05) is 4.90 Å². The summed E-state index contributed by atoms with van der Waals surface area (Å²) < 4.78 is 5.02. The Kier molecular flexibility index (Phi) is 8.04. The summed E-state index contributed by atoms with van der Waals surface area (Å²) in [6.45, 7) is 0. The number of rotatable bonds is 6. The number of aromatic nitrogens is 1. The molecule has 268 valence electrons. The molecular weight excluding hydrogens is 709 g/mol. The number of nitrogens with zero attached hydrogens (tertiary/aromatic N) is 2. The molecule has 2 aromatic heterocycles. The fourth-order valence-electron chi connectivity index (χ4n) is 8.46. The third-order valence-corrected chi connectivity index (χ3v) is 12.4. The summed E-state index contributed by atoms with van der Waals surface area (Å²) in [6, 6.07) is 79.3. The van der Waals surface area contributed by atoms with Gasteiger partial charge in [-0.1, -0.05) is 152 Å². The molecule has 9 aromatic carbocycles. The van der Waals surface area contributed by atoms with Gasteiger partial charge in [0.25, 0.3) is 0 Å². The van der Waals surface area contributed by atoms with Crippen molar-refractivity contribution in [1.29, 1.82) is 0 Å². The fourth-order valence-corrected chi connectivity index (χ4v) is 9.54. The maximum absolute atomic E-state index is 2.48. The van der Waals surface area contributed by atoms with Crippen LogP contribution in [0.4, 0.5) is 17.1 Å². The zero-order valence-corrected chi connectivity index (χ0v) is 31.9. The first-order chi connectivity index (χ1) is 28.3. The summed E-state index contributed by atoms with van der Waals surface area (Å²) in [5, 5.41) is 5.06. The highest BCUT2D eigenvalue weighted by atomic mass is 32.1. The van der Waals surface area contributed by atoms with Gasteiger partial charge in [-0.3, -0.25) is 0 Å². The average Bonchev–Trinajstić information content (AvgIpc) is 3.61. The first kappa shape index (κ1) is 33.2. The van der Waals surface area contributed by atoms with E-state index in [1.54, 1.807) is 0 Å². The third-order valence-electron chi connectivity index (χ3n) is 11.2. The van der Waals surface area contributed by atoms with Crippen molar-refractivity contribution in [1.82, 2.24) is 4.40 Å². The molecule has 0 aliphatic rings. The molecule has 0 amide bonds. The van der Waals surface area contributed by atoms with Crippen molar-refractivity contribution in [3.63, 3.8) is 0 Å². The lowest BCUT2D eigenvalue weighted by atomic mass is 10.0. The number of hydrogen-bond donors (Lipinski definition) is 0. The molecule has 0 aliphatic carbocycles. The molecule has 0 N–H and O–H groups in total. The van der Waals surface area contributed by atoms with Gasteiger partial charge in [0.2, 0.25) is 0 Å². The average molecular weight is 745 g/mol. The Bertz CT molecular complexity index is 3170. The summed E-state index contributed by atoms with van der Waals surface area (Å²) in [7, 11) is 0. The smallest absolute Gasteiger partial charge is 0.0634 e. The molecule has 11 rings (SSSR count). The van der Waals surface area contributed by atoms with Gasteiger partial charge < -0.3 is 9.30 Å². The lowest BCUT2D eigenvalue weighted by Crippen LogP contribution is -2.09. The van der Waals surface area contributed by atoms with Crippen LogP contribution in [0.1, 0.15) is 0 Å². The molecule has 0 fully saturated rings. The van der Waals surface area contributed by atoms with Gasteiger partial charge in [-0.05, 0) is 100 Å². The minimum atomic E-state index is 1.10. The van der Waals surface area contributed by atoms with Crippen LogP contribution < -0.4 is 4.90 Å². The standard InChI is InChI=1S/C54H36N2S/c1-3-12-37(13-4-1)39-22-29-43(30-23-39)55(44-31-24-40(25-32-44)38-14-5-2-6-15-38)45-33-26-41(27-34-45)42-28-35-50-49(36-42)48-18-11-17-47-46-16-7-9-20-52(46)57-53-21-10-8-19-51(53)56(50)54(47)48/h1-36H. The van der Waals surface area contributed by atoms with Crippen LogP contribution in [0.15, 0.2) is 218 Å². The summed E-state index contributed by atoms with van der Waals surface area (Å²) in [4.78, 5) is 2.35. The van der Waals surface area contributed by atoms with E-state index >= 15 is 0 Å². The van der Waals surface area contributed by atoms with E-state index < -0.39 is 0 Å². The zero-order valence-electron chi connectivity index (χ0n) is 31.1. The van der Waals surface area contributed by atoms with E-state index in [0.29, 0.717) is 0 Å². The van der Waals surface area contributed by atoms with Crippen LogP contribution in [0, 0.1) is 0 Å². The topological polar surface area (TPSA) is 7.65 Å². The van der Waals surface area contributed by atoms with Gasteiger partial charge in [-0.25, -0.2) is 0 Å². The fraction of sp³-hybridized carbons (Fsp3) is 0. The number of anilines is 3. The SMILES string of the molecule is c1ccc(-c2ccc(N(c3ccc(-c4ccccc4)cc3)c3ccc(-c4ccc5c(c4)c4cccc6c7ccccc7sc7ccccc7n5c64)cc3)cc2)cc1. The minimum absolute atomic E-state index is 1.10. The molecular formula is C54H36N2S. The van der Waals surface area contributed by atoms with E-state index in [4.69, 9.17) is 0 Å². The van der Waals surface area contributed by atoms with E-state index in [1.807, 2.05) is 11.3 Å². The van der Waals surface area contributed by atoms with Crippen molar-refractivity contribution >= 4 is 75.9 Å². The lowest BCUT2D eigenvalue weighted by molar-refractivity contribution is 1.28. The lowest BCUT2D eigenvalue weighted by Gasteiger charge is -2.26. The number of benzene rings is 9. The summed E-state index contributed by atoms with van der Waals surface area (Å²) >= 11 is 1.85. The molecule has 0 atom stereocenters. The summed E-state index contributed by atoms with van der Waals surface area (Å²) in [6.07, 6.45) is 0. The number of fused-ring (bicyclic) bond motifs is 7. The molecule has 0 spiro atoms. The predicted molar refractivity (Wildman–Crippen MR) is 245 cm³/mol.